The van der Waals surface area contributed by atoms with Crippen molar-refractivity contribution in [3.63, 3.8) is 0 Å². The summed E-state index contributed by atoms with van der Waals surface area (Å²) in [5.74, 6) is -0.0289. The number of thioether (sulfide) groups is 1. The Bertz CT molecular complexity index is 176. The summed E-state index contributed by atoms with van der Waals surface area (Å²) in [6.07, 6.45) is 0. The zero-order valence-electron chi connectivity index (χ0n) is 5.71. The number of nitrogens with one attached hydrogen (secondary N) is 1. The van der Waals surface area contributed by atoms with Crippen molar-refractivity contribution in [1.29, 1.82) is 5.41 Å². The SMILES string of the molecule is N=C1SCCN1CC(=O)O.[Br-]. The standard InChI is InChI=1S/C5H8N2O2S.BrH/c6-5-7(1-2-10-5)3-4(8)9;/h6H,1-3H2,(H,8,9);1H/p-1. The Kier molecular flexibility index (Phi) is 4.51. The molecule has 0 aromatic carbocycles. The molecule has 4 nitrogen and oxygen atoms in total. The fraction of sp³-hybridized carbons (Fsp3) is 0.600. The number of hydrogen-bond donors (Lipinski definition) is 2. The third-order valence-corrected chi connectivity index (χ3v) is 2.13. The van der Waals surface area contributed by atoms with E-state index in [9.17, 15) is 4.79 Å². The van der Waals surface area contributed by atoms with Crippen LogP contribution in [0.1, 0.15) is 0 Å². The number of carboxylic acid groups (broad SMARTS) is 1. The van der Waals surface area contributed by atoms with E-state index in [1.54, 1.807) is 4.90 Å². The molecule has 0 aliphatic carbocycles. The van der Waals surface area contributed by atoms with Crippen LogP contribution in [-0.2, 0) is 4.79 Å². The molecule has 6 heteroatoms. The first-order valence-corrected chi connectivity index (χ1v) is 3.87. The number of amidine groups is 1. The van der Waals surface area contributed by atoms with E-state index < -0.39 is 5.97 Å². The molecule has 0 unspecified atom stereocenters. The van der Waals surface area contributed by atoms with Gasteiger partial charge in [0.05, 0.1) is 0 Å². The van der Waals surface area contributed by atoms with Crippen molar-refractivity contribution in [3.05, 3.63) is 0 Å². The predicted molar refractivity (Wildman–Crippen MR) is 39.4 cm³/mol. The van der Waals surface area contributed by atoms with Crippen LogP contribution in [0.5, 0.6) is 0 Å². The van der Waals surface area contributed by atoms with Gasteiger partial charge in [-0.2, -0.15) is 0 Å². The molecule has 0 bridgehead atoms. The van der Waals surface area contributed by atoms with Gasteiger partial charge in [-0.25, -0.2) is 0 Å². The molecule has 0 radical (unpaired) electrons. The molecule has 0 spiro atoms. The van der Waals surface area contributed by atoms with Crippen molar-refractivity contribution in [2.75, 3.05) is 18.8 Å². The summed E-state index contributed by atoms with van der Waals surface area (Å²) >= 11 is 1.39. The Morgan fingerprint density at radius 2 is 2.45 bits per heavy atom. The van der Waals surface area contributed by atoms with Crippen molar-refractivity contribution < 1.29 is 26.9 Å². The van der Waals surface area contributed by atoms with Crippen molar-refractivity contribution in [2.24, 2.45) is 0 Å². The van der Waals surface area contributed by atoms with Gasteiger partial charge in [0.1, 0.15) is 6.54 Å². The topological polar surface area (TPSA) is 64.4 Å². The summed E-state index contributed by atoms with van der Waals surface area (Å²) in [4.78, 5) is 11.7. The summed E-state index contributed by atoms with van der Waals surface area (Å²) in [7, 11) is 0. The maximum atomic E-state index is 10.2. The highest BCUT2D eigenvalue weighted by Gasteiger charge is 2.19. The van der Waals surface area contributed by atoms with Crippen molar-refractivity contribution in [3.8, 4) is 0 Å². The molecule has 1 rings (SSSR count). The summed E-state index contributed by atoms with van der Waals surface area (Å²) < 4.78 is 0. The monoisotopic (exact) mass is 239 g/mol. The first kappa shape index (κ1) is 10.8. The molecule has 64 valence electrons. The number of nitrogens with zero attached hydrogens (tertiary/aromatic N) is 1. The van der Waals surface area contributed by atoms with Gasteiger partial charge in [-0.3, -0.25) is 10.2 Å². The van der Waals surface area contributed by atoms with Crippen molar-refractivity contribution in [2.45, 2.75) is 0 Å². The number of carbonyl (C=O) groups is 1. The Balaban J connectivity index is 0.000001000. The maximum Gasteiger partial charge on any atom is 0.323 e. The fourth-order valence-electron chi connectivity index (χ4n) is 0.759. The predicted octanol–water partition coefficient (Wildman–Crippen LogP) is -2.94. The molecular weight excluding hydrogens is 232 g/mol. The lowest BCUT2D eigenvalue weighted by Gasteiger charge is -2.12. The average Bonchev–Trinajstić information content (AvgIpc) is 2.15. The lowest BCUT2D eigenvalue weighted by Crippen LogP contribution is -3.00. The van der Waals surface area contributed by atoms with Crippen LogP contribution < -0.4 is 17.0 Å². The third kappa shape index (κ3) is 3.11. The molecule has 1 aliphatic heterocycles. The summed E-state index contributed by atoms with van der Waals surface area (Å²) in [6, 6.07) is 0. The van der Waals surface area contributed by atoms with E-state index in [4.69, 9.17) is 10.5 Å². The second-order valence-electron chi connectivity index (χ2n) is 1.97. The van der Waals surface area contributed by atoms with Gasteiger partial charge < -0.3 is 27.0 Å². The van der Waals surface area contributed by atoms with Crippen LogP contribution in [0.25, 0.3) is 0 Å². The van der Waals surface area contributed by atoms with E-state index in [1.807, 2.05) is 0 Å². The molecule has 0 atom stereocenters. The molecule has 1 fully saturated rings. The molecule has 2 N–H and O–H groups in total. The van der Waals surface area contributed by atoms with Crippen molar-refractivity contribution >= 4 is 22.9 Å². The Morgan fingerprint density at radius 1 is 1.82 bits per heavy atom. The lowest BCUT2D eigenvalue weighted by atomic mass is 10.5. The molecule has 0 saturated carbocycles. The lowest BCUT2D eigenvalue weighted by molar-refractivity contribution is -0.137. The van der Waals surface area contributed by atoms with Crippen LogP contribution in [0.4, 0.5) is 0 Å². The van der Waals surface area contributed by atoms with E-state index in [0.29, 0.717) is 11.7 Å². The fourth-order valence-corrected chi connectivity index (χ4v) is 1.60. The molecule has 1 saturated heterocycles. The van der Waals surface area contributed by atoms with E-state index in [-0.39, 0.29) is 23.5 Å². The van der Waals surface area contributed by atoms with Gasteiger partial charge in [0.25, 0.3) is 0 Å². The van der Waals surface area contributed by atoms with Crippen LogP contribution in [0.3, 0.4) is 0 Å². The van der Waals surface area contributed by atoms with Crippen LogP contribution in [0.15, 0.2) is 0 Å². The molecule has 1 heterocycles. The van der Waals surface area contributed by atoms with Gasteiger partial charge in [0, 0.05) is 12.3 Å². The summed E-state index contributed by atoms with van der Waals surface area (Å²) in [5.41, 5.74) is 0. The van der Waals surface area contributed by atoms with E-state index in [2.05, 4.69) is 0 Å². The first-order valence-electron chi connectivity index (χ1n) is 2.88. The quantitative estimate of drug-likeness (QED) is 0.542. The molecular formula is C5H8BrN2O2S-. The number of hydrogen-bond acceptors (Lipinski definition) is 3. The van der Waals surface area contributed by atoms with Crippen molar-refractivity contribution in [1.82, 2.24) is 4.90 Å². The number of carboxylic acids is 1. The smallest absolute Gasteiger partial charge is 0.323 e. The van der Waals surface area contributed by atoms with Gasteiger partial charge in [0.15, 0.2) is 5.17 Å². The van der Waals surface area contributed by atoms with E-state index in [0.717, 1.165) is 5.75 Å². The molecule has 1 aliphatic rings. The van der Waals surface area contributed by atoms with Crippen LogP contribution in [0, 0.1) is 5.41 Å². The highest BCUT2D eigenvalue weighted by atomic mass is 79.9. The van der Waals surface area contributed by atoms with Gasteiger partial charge in [-0.15, -0.1) is 0 Å². The zero-order valence-corrected chi connectivity index (χ0v) is 8.11. The minimum Gasteiger partial charge on any atom is -1.00 e. The molecule has 0 aromatic heterocycles. The maximum absolute atomic E-state index is 10.2. The third-order valence-electron chi connectivity index (χ3n) is 1.21. The summed E-state index contributed by atoms with van der Waals surface area (Å²) in [5, 5.41) is 15.9. The normalized spacial score (nSPS) is 16.4. The molecule has 11 heavy (non-hydrogen) atoms. The van der Waals surface area contributed by atoms with E-state index >= 15 is 0 Å². The second-order valence-corrected chi connectivity index (χ2v) is 3.05. The van der Waals surface area contributed by atoms with Gasteiger partial charge >= 0.3 is 5.97 Å². The highest BCUT2D eigenvalue weighted by Crippen LogP contribution is 2.14. The van der Waals surface area contributed by atoms with Gasteiger partial charge in [0.2, 0.25) is 0 Å². The number of rotatable bonds is 2. The number of halogens is 1. The summed E-state index contributed by atoms with van der Waals surface area (Å²) in [6.45, 7) is 0.654. The largest absolute Gasteiger partial charge is 1.00 e. The van der Waals surface area contributed by atoms with Crippen LogP contribution in [0.2, 0.25) is 0 Å². The Morgan fingerprint density at radius 3 is 2.82 bits per heavy atom. The Hall–Kier alpha value is -0.230. The highest BCUT2D eigenvalue weighted by molar-refractivity contribution is 8.14. The van der Waals surface area contributed by atoms with E-state index in [1.165, 1.54) is 11.8 Å². The minimum atomic E-state index is -0.868. The van der Waals surface area contributed by atoms with Crippen LogP contribution >= 0.6 is 11.8 Å². The minimum absolute atomic E-state index is 0. The van der Waals surface area contributed by atoms with Gasteiger partial charge in [-0.1, -0.05) is 11.8 Å². The van der Waals surface area contributed by atoms with Crippen LogP contribution in [-0.4, -0.2) is 40.0 Å². The second kappa shape index (κ2) is 4.61. The first-order chi connectivity index (χ1) is 4.70. The average molecular weight is 240 g/mol. The zero-order chi connectivity index (χ0) is 7.56. The molecule has 0 aromatic rings. The molecule has 0 amide bonds. The van der Waals surface area contributed by atoms with Gasteiger partial charge in [-0.05, 0) is 0 Å². The number of aliphatic carboxylic acids is 1. The Labute approximate surface area is 79.2 Å².